The van der Waals surface area contributed by atoms with Crippen molar-refractivity contribution in [1.82, 2.24) is 9.97 Å². The number of nitrogens with zero attached hydrogens (tertiary/aromatic N) is 2. The molecule has 8 heteroatoms. The molecule has 0 fully saturated rings. The number of nitrogens with two attached hydrogens (primary N) is 1. The van der Waals surface area contributed by atoms with E-state index in [9.17, 15) is 12.8 Å². The Bertz CT molecular complexity index is 763. The molecule has 0 aliphatic heterocycles. The van der Waals surface area contributed by atoms with Gasteiger partial charge in [-0.3, -0.25) is 0 Å². The van der Waals surface area contributed by atoms with Gasteiger partial charge in [0.2, 0.25) is 5.95 Å². The second kappa shape index (κ2) is 5.65. The minimum absolute atomic E-state index is 0.0802. The fourth-order valence-electron chi connectivity index (χ4n) is 1.67. The first-order valence-electron chi connectivity index (χ1n) is 6.20. The van der Waals surface area contributed by atoms with Crippen LogP contribution in [0.5, 0.6) is 0 Å². The molecule has 1 aromatic heterocycles. The summed E-state index contributed by atoms with van der Waals surface area (Å²) in [5, 5.41) is 2.06. The maximum atomic E-state index is 13.6. The van der Waals surface area contributed by atoms with Crippen LogP contribution in [-0.2, 0) is 9.84 Å². The van der Waals surface area contributed by atoms with Gasteiger partial charge >= 0.3 is 0 Å². The van der Waals surface area contributed by atoms with Gasteiger partial charge in [0.05, 0.1) is 22.0 Å². The monoisotopic (exact) mass is 310 g/mol. The molecule has 0 aliphatic rings. The van der Waals surface area contributed by atoms with Crippen LogP contribution < -0.4 is 11.1 Å². The molecule has 0 bridgehead atoms. The molecule has 21 heavy (non-hydrogen) atoms. The summed E-state index contributed by atoms with van der Waals surface area (Å²) in [6.07, 6.45) is 0.921. The predicted octanol–water partition coefficient (Wildman–Crippen LogP) is 2.12. The lowest BCUT2D eigenvalue weighted by molar-refractivity contribution is 0.587. The Morgan fingerprint density at radius 2 is 1.95 bits per heavy atom. The quantitative estimate of drug-likeness (QED) is 0.897. The molecule has 0 radical (unpaired) electrons. The number of halogens is 1. The molecule has 3 N–H and O–H groups in total. The van der Waals surface area contributed by atoms with Gasteiger partial charge in [0.25, 0.3) is 0 Å². The van der Waals surface area contributed by atoms with Crippen LogP contribution in [0.2, 0.25) is 0 Å². The van der Waals surface area contributed by atoms with E-state index in [0.717, 1.165) is 6.20 Å². The zero-order valence-corrected chi connectivity index (χ0v) is 12.4. The van der Waals surface area contributed by atoms with Gasteiger partial charge in [0.15, 0.2) is 21.5 Å². The van der Waals surface area contributed by atoms with E-state index >= 15 is 0 Å². The van der Waals surface area contributed by atoms with E-state index in [1.807, 2.05) is 0 Å². The Kier molecular flexibility index (Phi) is 4.08. The summed E-state index contributed by atoms with van der Waals surface area (Å²) in [7, 11) is -3.51. The van der Waals surface area contributed by atoms with Crippen molar-refractivity contribution in [3.8, 4) is 0 Å². The summed E-state index contributed by atoms with van der Waals surface area (Å²) in [6.45, 7) is 3.16. The van der Waals surface area contributed by atoms with Crippen molar-refractivity contribution < 1.29 is 12.8 Å². The summed E-state index contributed by atoms with van der Waals surface area (Å²) in [6, 6.07) is 6.24. The van der Waals surface area contributed by atoms with Crippen LogP contribution in [0.25, 0.3) is 0 Å². The Morgan fingerprint density at radius 1 is 1.29 bits per heavy atom. The number of aromatic nitrogens is 2. The van der Waals surface area contributed by atoms with Crippen LogP contribution in [0.3, 0.4) is 0 Å². The molecule has 1 heterocycles. The van der Waals surface area contributed by atoms with Crippen LogP contribution in [0, 0.1) is 5.82 Å². The van der Waals surface area contributed by atoms with Crippen molar-refractivity contribution in [3.63, 3.8) is 0 Å². The summed E-state index contributed by atoms with van der Waals surface area (Å²) in [4.78, 5) is 7.32. The van der Waals surface area contributed by atoms with Crippen LogP contribution in [0.4, 0.5) is 21.8 Å². The average molecular weight is 310 g/mol. The van der Waals surface area contributed by atoms with E-state index in [-0.39, 0.29) is 22.3 Å². The molecule has 0 unspecified atom stereocenters. The lowest BCUT2D eigenvalue weighted by Gasteiger charge is -2.14. The van der Waals surface area contributed by atoms with E-state index in [0.29, 0.717) is 0 Å². The first-order chi connectivity index (χ1) is 9.82. The lowest BCUT2D eigenvalue weighted by atomic mass is 10.3. The minimum atomic E-state index is -3.51. The molecule has 2 aromatic rings. The van der Waals surface area contributed by atoms with Crippen molar-refractivity contribution in [2.45, 2.75) is 24.0 Å². The van der Waals surface area contributed by atoms with Gasteiger partial charge in [0, 0.05) is 0 Å². The Labute approximate surface area is 122 Å². The minimum Gasteiger partial charge on any atom is -0.368 e. The number of rotatable bonds is 4. The third-order valence-corrected chi connectivity index (χ3v) is 5.04. The Morgan fingerprint density at radius 3 is 2.62 bits per heavy atom. The van der Waals surface area contributed by atoms with Crippen LogP contribution >= 0.6 is 0 Å². The van der Waals surface area contributed by atoms with Gasteiger partial charge in [-0.15, -0.1) is 0 Å². The molecule has 0 aliphatic carbocycles. The summed E-state index contributed by atoms with van der Waals surface area (Å²) in [5.41, 5.74) is 5.65. The van der Waals surface area contributed by atoms with Gasteiger partial charge < -0.3 is 11.1 Å². The highest BCUT2D eigenvalue weighted by molar-refractivity contribution is 7.92. The van der Waals surface area contributed by atoms with Crippen LogP contribution in [0.15, 0.2) is 35.4 Å². The van der Waals surface area contributed by atoms with E-state index < -0.39 is 20.9 Å². The Hall–Kier alpha value is -2.22. The normalized spacial score (nSPS) is 11.6. The number of para-hydroxylation sites is 1. The third kappa shape index (κ3) is 3.10. The number of benzene rings is 1. The molecular formula is C13H15FN4O2S. The third-order valence-electron chi connectivity index (χ3n) is 2.83. The fourth-order valence-corrected chi connectivity index (χ4v) is 2.87. The van der Waals surface area contributed by atoms with Gasteiger partial charge in [0.1, 0.15) is 0 Å². The van der Waals surface area contributed by atoms with Crippen molar-refractivity contribution in [1.29, 1.82) is 0 Å². The molecule has 0 saturated heterocycles. The maximum Gasteiger partial charge on any atom is 0.222 e. The highest BCUT2D eigenvalue weighted by Crippen LogP contribution is 2.27. The number of hydrogen-bond acceptors (Lipinski definition) is 6. The number of nitrogens with one attached hydrogen (secondary N) is 1. The van der Waals surface area contributed by atoms with Gasteiger partial charge in [-0.2, -0.15) is 4.98 Å². The van der Waals surface area contributed by atoms with E-state index in [4.69, 9.17) is 5.73 Å². The standard InChI is InChI=1S/C13H15FN4O2S/c1-8(2)21(19,20)11-6-4-3-5-10(11)17-12-9(14)7-16-13(15)18-12/h3-8H,1-2H3,(H3,15,16,17,18). The van der Waals surface area contributed by atoms with Crippen LogP contribution in [-0.4, -0.2) is 23.6 Å². The topological polar surface area (TPSA) is 98.0 Å². The second-order valence-electron chi connectivity index (χ2n) is 4.64. The highest BCUT2D eigenvalue weighted by Gasteiger charge is 2.23. The van der Waals surface area contributed by atoms with E-state index in [1.165, 1.54) is 12.1 Å². The maximum absolute atomic E-state index is 13.6. The van der Waals surface area contributed by atoms with Crippen molar-refractivity contribution in [2.24, 2.45) is 0 Å². The SMILES string of the molecule is CC(C)S(=O)(=O)c1ccccc1Nc1nc(N)ncc1F. The number of hydrogen-bond donors (Lipinski definition) is 2. The zero-order chi connectivity index (χ0) is 15.6. The van der Waals surface area contributed by atoms with E-state index in [2.05, 4.69) is 15.3 Å². The number of sulfone groups is 1. The van der Waals surface area contributed by atoms with Gasteiger partial charge in [-0.1, -0.05) is 12.1 Å². The lowest BCUT2D eigenvalue weighted by Crippen LogP contribution is -2.16. The highest BCUT2D eigenvalue weighted by atomic mass is 32.2. The Balaban J connectivity index is 2.49. The molecule has 2 rings (SSSR count). The first kappa shape index (κ1) is 15.2. The molecule has 0 saturated carbocycles. The molecule has 112 valence electrons. The number of nitrogen functional groups attached to an aromatic ring is 1. The smallest absolute Gasteiger partial charge is 0.222 e. The summed E-state index contributed by atoms with van der Waals surface area (Å²) in [5.74, 6) is -1.00. The molecule has 0 amide bonds. The van der Waals surface area contributed by atoms with Crippen LogP contribution in [0.1, 0.15) is 13.8 Å². The zero-order valence-electron chi connectivity index (χ0n) is 11.5. The second-order valence-corrected chi connectivity index (χ2v) is 7.11. The van der Waals surface area contributed by atoms with Gasteiger partial charge in [-0.25, -0.2) is 17.8 Å². The summed E-state index contributed by atoms with van der Waals surface area (Å²) < 4.78 is 38.3. The predicted molar refractivity (Wildman–Crippen MR) is 78.4 cm³/mol. The first-order valence-corrected chi connectivity index (χ1v) is 7.75. The van der Waals surface area contributed by atoms with Crippen molar-refractivity contribution >= 4 is 27.3 Å². The van der Waals surface area contributed by atoms with Crippen molar-refractivity contribution in [2.75, 3.05) is 11.1 Å². The average Bonchev–Trinajstić information content (AvgIpc) is 2.43. The molecule has 6 nitrogen and oxygen atoms in total. The molecule has 1 aromatic carbocycles. The largest absolute Gasteiger partial charge is 0.368 e. The molecule has 0 spiro atoms. The molecular weight excluding hydrogens is 295 g/mol. The number of anilines is 3. The van der Waals surface area contributed by atoms with Gasteiger partial charge in [-0.05, 0) is 26.0 Å². The molecule has 0 atom stereocenters. The van der Waals surface area contributed by atoms with Crippen molar-refractivity contribution in [3.05, 3.63) is 36.3 Å². The summed E-state index contributed by atoms with van der Waals surface area (Å²) >= 11 is 0. The van der Waals surface area contributed by atoms with E-state index in [1.54, 1.807) is 26.0 Å². The fraction of sp³-hybridized carbons (Fsp3) is 0.231.